The number of rotatable bonds is 1. The first-order valence-electron chi connectivity index (χ1n) is 3.37. The van der Waals surface area contributed by atoms with Crippen LogP contribution in [-0.2, 0) is 0 Å². The largest absolute Gasteiger partial charge is 0.228 e. The van der Waals surface area contributed by atoms with Gasteiger partial charge >= 0.3 is 0 Å². The van der Waals surface area contributed by atoms with Gasteiger partial charge in [-0.15, -0.1) is 10.2 Å². The molecule has 2 heterocycles. The second-order valence-electron chi connectivity index (χ2n) is 2.20. The van der Waals surface area contributed by atoms with Crippen molar-refractivity contribution in [3.8, 4) is 10.6 Å². The van der Waals surface area contributed by atoms with Crippen molar-refractivity contribution in [3.05, 3.63) is 28.2 Å². The SMILES string of the molecule is Fc1ncccc1-c1nnc(Br)s1. The summed E-state index contributed by atoms with van der Waals surface area (Å²) in [4.78, 5) is 3.52. The van der Waals surface area contributed by atoms with Gasteiger partial charge in [-0.1, -0.05) is 11.3 Å². The summed E-state index contributed by atoms with van der Waals surface area (Å²) >= 11 is 4.43. The van der Waals surface area contributed by atoms with Crippen molar-refractivity contribution in [2.45, 2.75) is 0 Å². The number of hydrogen-bond donors (Lipinski definition) is 0. The zero-order valence-corrected chi connectivity index (χ0v) is 8.64. The average molecular weight is 260 g/mol. The average Bonchev–Trinajstić information content (AvgIpc) is 2.53. The van der Waals surface area contributed by atoms with Crippen molar-refractivity contribution >= 4 is 27.3 Å². The van der Waals surface area contributed by atoms with Crippen LogP contribution in [0, 0.1) is 5.95 Å². The third kappa shape index (κ3) is 1.73. The summed E-state index contributed by atoms with van der Waals surface area (Å²) in [6, 6.07) is 3.28. The molecule has 3 nitrogen and oxygen atoms in total. The van der Waals surface area contributed by atoms with Crippen LogP contribution in [-0.4, -0.2) is 15.2 Å². The second kappa shape index (κ2) is 3.47. The van der Waals surface area contributed by atoms with E-state index >= 15 is 0 Å². The Morgan fingerprint density at radius 3 is 2.85 bits per heavy atom. The fraction of sp³-hybridized carbons (Fsp3) is 0. The molecular formula is C7H3BrFN3S. The minimum Gasteiger partial charge on any atom is -0.228 e. The van der Waals surface area contributed by atoms with Crippen LogP contribution >= 0.6 is 27.3 Å². The fourth-order valence-electron chi connectivity index (χ4n) is 0.860. The highest BCUT2D eigenvalue weighted by Gasteiger charge is 2.09. The molecule has 2 aromatic heterocycles. The molecule has 2 rings (SSSR count). The Hall–Kier alpha value is -0.880. The van der Waals surface area contributed by atoms with Gasteiger partial charge in [0.25, 0.3) is 0 Å². The topological polar surface area (TPSA) is 38.7 Å². The molecule has 0 spiro atoms. The summed E-state index contributed by atoms with van der Waals surface area (Å²) in [5, 5.41) is 8.04. The van der Waals surface area contributed by atoms with E-state index in [9.17, 15) is 4.39 Å². The monoisotopic (exact) mass is 259 g/mol. The van der Waals surface area contributed by atoms with Gasteiger partial charge in [-0.3, -0.25) is 0 Å². The molecule has 0 aliphatic heterocycles. The van der Waals surface area contributed by atoms with Gasteiger partial charge in [0.2, 0.25) is 5.95 Å². The van der Waals surface area contributed by atoms with Gasteiger partial charge in [0, 0.05) is 6.20 Å². The Kier molecular flexibility index (Phi) is 2.32. The highest BCUT2D eigenvalue weighted by atomic mass is 79.9. The number of pyridine rings is 1. The summed E-state index contributed by atoms with van der Waals surface area (Å²) in [5.74, 6) is -0.522. The van der Waals surface area contributed by atoms with Crippen LogP contribution in [0.5, 0.6) is 0 Å². The Labute approximate surface area is 85.8 Å². The molecule has 0 atom stereocenters. The zero-order chi connectivity index (χ0) is 9.26. The molecule has 0 aromatic carbocycles. The van der Waals surface area contributed by atoms with Crippen LogP contribution in [0.2, 0.25) is 0 Å². The molecule has 0 N–H and O–H groups in total. The van der Waals surface area contributed by atoms with Crippen molar-refractivity contribution in [2.24, 2.45) is 0 Å². The third-order valence-electron chi connectivity index (χ3n) is 1.39. The smallest absolute Gasteiger partial charge is 0.223 e. The highest BCUT2D eigenvalue weighted by Crippen LogP contribution is 2.26. The lowest BCUT2D eigenvalue weighted by atomic mass is 10.3. The van der Waals surface area contributed by atoms with E-state index in [-0.39, 0.29) is 0 Å². The van der Waals surface area contributed by atoms with Crippen molar-refractivity contribution in [1.82, 2.24) is 15.2 Å². The third-order valence-corrected chi connectivity index (χ3v) is 2.78. The van der Waals surface area contributed by atoms with Crippen molar-refractivity contribution in [1.29, 1.82) is 0 Å². The number of halogens is 2. The Balaban J connectivity index is 2.52. The molecule has 2 aromatic rings. The Bertz CT molecular complexity index is 431. The standard InChI is InChI=1S/C7H3BrFN3S/c8-7-12-11-6(13-7)4-2-1-3-10-5(4)9/h1-3H. The summed E-state index contributed by atoms with van der Waals surface area (Å²) < 4.78 is 13.7. The molecular weight excluding hydrogens is 257 g/mol. The van der Waals surface area contributed by atoms with Crippen LogP contribution in [0.15, 0.2) is 22.2 Å². The Morgan fingerprint density at radius 1 is 1.38 bits per heavy atom. The molecule has 13 heavy (non-hydrogen) atoms. The lowest BCUT2D eigenvalue weighted by molar-refractivity contribution is 0.587. The lowest BCUT2D eigenvalue weighted by Gasteiger charge is -1.93. The molecule has 0 bridgehead atoms. The minimum atomic E-state index is -0.522. The maximum Gasteiger partial charge on any atom is 0.223 e. The maximum atomic E-state index is 13.1. The van der Waals surface area contributed by atoms with Gasteiger partial charge in [0.05, 0.1) is 5.56 Å². The van der Waals surface area contributed by atoms with Gasteiger partial charge < -0.3 is 0 Å². The van der Waals surface area contributed by atoms with E-state index in [1.807, 2.05) is 0 Å². The fourth-order valence-corrected chi connectivity index (χ4v) is 1.98. The molecule has 66 valence electrons. The first-order valence-corrected chi connectivity index (χ1v) is 4.98. The molecule has 0 fully saturated rings. The van der Waals surface area contributed by atoms with Crippen LogP contribution < -0.4 is 0 Å². The van der Waals surface area contributed by atoms with E-state index in [1.54, 1.807) is 12.1 Å². The molecule has 0 aliphatic carbocycles. The molecule has 0 saturated heterocycles. The first-order chi connectivity index (χ1) is 6.27. The van der Waals surface area contributed by atoms with E-state index < -0.39 is 5.95 Å². The number of nitrogens with zero attached hydrogens (tertiary/aromatic N) is 3. The van der Waals surface area contributed by atoms with E-state index in [4.69, 9.17) is 0 Å². The molecule has 0 saturated carbocycles. The van der Waals surface area contributed by atoms with E-state index in [2.05, 4.69) is 31.1 Å². The minimum absolute atomic E-state index is 0.380. The van der Waals surface area contributed by atoms with Crippen LogP contribution in [0.3, 0.4) is 0 Å². The highest BCUT2D eigenvalue weighted by molar-refractivity contribution is 9.11. The van der Waals surface area contributed by atoms with Crippen molar-refractivity contribution < 1.29 is 4.39 Å². The summed E-state index contributed by atoms with van der Waals surface area (Å²) in [6.07, 6.45) is 1.40. The molecule has 0 radical (unpaired) electrons. The summed E-state index contributed by atoms with van der Waals surface area (Å²) in [6.45, 7) is 0. The normalized spacial score (nSPS) is 10.3. The van der Waals surface area contributed by atoms with Gasteiger partial charge in [-0.05, 0) is 28.1 Å². The molecule has 0 unspecified atom stereocenters. The summed E-state index contributed by atoms with van der Waals surface area (Å²) in [5.41, 5.74) is 0.380. The second-order valence-corrected chi connectivity index (χ2v) is 4.46. The van der Waals surface area contributed by atoms with Crippen molar-refractivity contribution in [2.75, 3.05) is 0 Å². The zero-order valence-electron chi connectivity index (χ0n) is 6.24. The molecule has 0 aliphatic rings. The maximum absolute atomic E-state index is 13.1. The van der Waals surface area contributed by atoms with Gasteiger partial charge in [0.1, 0.15) is 0 Å². The quantitative estimate of drug-likeness (QED) is 0.739. The number of hydrogen-bond acceptors (Lipinski definition) is 4. The lowest BCUT2D eigenvalue weighted by Crippen LogP contribution is -1.86. The predicted molar refractivity (Wildman–Crippen MR) is 50.8 cm³/mol. The number of aromatic nitrogens is 3. The van der Waals surface area contributed by atoms with Gasteiger partial charge in [-0.25, -0.2) is 4.98 Å². The molecule has 6 heteroatoms. The van der Waals surface area contributed by atoms with Crippen LogP contribution in [0.4, 0.5) is 4.39 Å². The van der Waals surface area contributed by atoms with E-state index in [1.165, 1.54) is 17.5 Å². The van der Waals surface area contributed by atoms with Gasteiger partial charge in [0.15, 0.2) is 8.92 Å². The Morgan fingerprint density at radius 2 is 2.23 bits per heavy atom. The first kappa shape index (κ1) is 8.71. The van der Waals surface area contributed by atoms with E-state index in [0.29, 0.717) is 14.5 Å². The van der Waals surface area contributed by atoms with Crippen molar-refractivity contribution in [3.63, 3.8) is 0 Å². The van der Waals surface area contributed by atoms with Crippen LogP contribution in [0.25, 0.3) is 10.6 Å². The van der Waals surface area contributed by atoms with E-state index in [0.717, 1.165) is 0 Å². The predicted octanol–water partition coefficient (Wildman–Crippen LogP) is 2.50. The van der Waals surface area contributed by atoms with Gasteiger partial charge in [-0.2, -0.15) is 4.39 Å². The van der Waals surface area contributed by atoms with Crippen LogP contribution in [0.1, 0.15) is 0 Å². The summed E-state index contributed by atoms with van der Waals surface area (Å²) in [7, 11) is 0. The molecule has 0 amide bonds.